The number of amides is 2. The number of anilines is 1. The van der Waals surface area contributed by atoms with Crippen LogP contribution in [0.5, 0.6) is 0 Å². The lowest BCUT2D eigenvalue weighted by molar-refractivity contribution is 0.0956. The highest BCUT2D eigenvalue weighted by Gasteiger charge is 2.16. The predicted molar refractivity (Wildman–Crippen MR) is 112 cm³/mol. The molecule has 0 fully saturated rings. The Morgan fingerprint density at radius 1 is 0.893 bits per heavy atom. The molecule has 28 heavy (non-hydrogen) atoms. The molecule has 0 atom stereocenters. The van der Waals surface area contributed by atoms with Gasteiger partial charge in [-0.2, -0.15) is 5.10 Å². The van der Waals surface area contributed by atoms with Gasteiger partial charge in [-0.05, 0) is 48.4 Å². The number of halogens is 1. The smallest absolute Gasteiger partial charge is 0.273 e. The molecule has 6 heteroatoms. The largest absolute Gasteiger partial charge is 0.321 e. The van der Waals surface area contributed by atoms with Crippen molar-refractivity contribution in [2.45, 2.75) is 6.92 Å². The van der Waals surface area contributed by atoms with Crippen LogP contribution in [0, 0.1) is 6.92 Å². The van der Waals surface area contributed by atoms with Crippen molar-refractivity contribution in [1.82, 2.24) is 5.43 Å². The molecule has 0 aromatic heterocycles. The summed E-state index contributed by atoms with van der Waals surface area (Å²) in [7, 11) is 0. The molecule has 2 amide bonds. The number of hydrazone groups is 1. The Kier molecular flexibility index (Phi) is 6.19. The minimum atomic E-state index is -0.419. The number of aryl methyl sites for hydroxylation is 1. The maximum atomic E-state index is 12.6. The lowest BCUT2D eigenvalue weighted by atomic mass is 10.1. The lowest BCUT2D eigenvalue weighted by Gasteiger charge is -2.13. The van der Waals surface area contributed by atoms with E-state index in [-0.39, 0.29) is 5.91 Å². The molecule has 0 spiro atoms. The Bertz CT molecular complexity index is 1020. The highest BCUT2D eigenvalue weighted by atomic mass is 35.5. The number of carbonyl (C=O) groups excluding carboxylic acids is 2. The van der Waals surface area contributed by atoms with Gasteiger partial charge < -0.3 is 5.32 Å². The fraction of sp³-hybridized carbons (Fsp3) is 0.0455. The fourth-order valence-electron chi connectivity index (χ4n) is 2.57. The Morgan fingerprint density at radius 3 is 2.32 bits per heavy atom. The molecule has 0 aliphatic rings. The van der Waals surface area contributed by atoms with E-state index in [1.165, 1.54) is 6.21 Å². The number of nitrogens with one attached hydrogen (secondary N) is 2. The normalized spacial score (nSPS) is 10.6. The molecule has 0 radical (unpaired) electrons. The van der Waals surface area contributed by atoms with E-state index in [4.69, 9.17) is 11.6 Å². The third-order valence-electron chi connectivity index (χ3n) is 4.04. The van der Waals surface area contributed by atoms with Crippen molar-refractivity contribution in [3.8, 4) is 0 Å². The van der Waals surface area contributed by atoms with Crippen molar-refractivity contribution in [2.75, 3.05) is 5.32 Å². The van der Waals surface area contributed by atoms with Crippen LogP contribution in [-0.2, 0) is 0 Å². The molecule has 5 nitrogen and oxygen atoms in total. The Labute approximate surface area is 168 Å². The number of rotatable bonds is 5. The van der Waals surface area contributed by atoms with E-state index in [0.717, 1.165) is 11.1 Å². The highest BCUT2D eigenvalue weighted by molar-refractivity contribution is 6.30. The van der Waals surface area contributed by atoms with Gasteiger partial charge in [-0.25, -0.2) is 5.43 Å². The lowest BCUT2D eigenvalue weighted by Crippen LogP contribution is -2.22. The molecule has 0 unspecified atom stereocenters. The van der Waals surface area contributed by atoms with Crippen molar-refractivity contribution in [2.24, 2.45) is 5.10 Å². The van der Waals surface area contributed by atoms with Gasteiger partial charge in [0.2, 0.25) is 0 Å². The Hall–Kier alpha value is -3.44. The zero-order valence-electron chi connectivity index (χ0n) is 15.1. The SMILES string of the molecule is Cc1cccc(C(=O)N/N=C/c2ccc(Cl)cc2)c1NC(=O)c1ccccc1. The molecule has 3 aromatic rings. The fourth-order valence-corrected chi connectivity index (χ4v) is 2.70. The van der Waals surface area contributed by atoms with E-state index in [1.54, 1.807) is 60.7 Å². The number of benzene rings is 3. The topological polar surface area (TPSA) is 70.6 Å². The van der Waals surface area contributed by atoms with Crippen molar-refractivity contribution in [3.05, 3.63) is 100 Å². The van der Waals surface area contributed by atoms with E-state index < -0.39 is 5.91 Å². The number of nitrogens with zero attached hydrogens (tertiary/aromatic N) is 1. The number of carbonyl (C=O) groups is 2. The molecule has 2 N–H and O–H groups in total. The van der Waals surface area contributed by atoms with Crippen LogP contribution in [0.1, 0.15) is 31.8 Å². The summed E-state index contributed by atoms with van der Waals surface area (Å²) in [5.41, 5.74) is 5.36. The average molecular weight is 392 g/mol. The minimum absolute atomic E-state index is 0.284. The molecule has 0 bridgehead atoms. The molecular weight excluding hydrogens is 374 g/mol. The van der Waals surface area contributed by atoms with Gasteiger partial charge in [0.15, 0.2) is 0 Å². The molecule has 3 aromatic carbocycles. The monoisotopic (exact) mass is 391 g/mol. The summed E-state index contributed by atoms with van der Waals surface area (Å²) in [6, 6.07) is 21.1. The highest BCUT2D eigenvalue weighted by Crippen LogP contribution is 2.21. The van der Waals surface area contributed by atoms with Gasteiger partial charge in [0.25, 0.3) is 11.8 Å². The average Bonchev–Trinajstić information content (AvgIpc) is 2.71. The number of hydrogen-bond donors (Lipinski definition) is 2. The van der Waals surface area contributed by atoms with Gasteiger partial charge in [0.1, 0.15) is 0 Å². The van der Waals surface area contributed by atoms with Crippen molar-refractivity contribution in [3.63, 3.8) is 0 Å². The zero-order valence-corrected chi connectivity index (χ0v) is 15.9. The minimum Gasteiger partial charge on any atom is -0.321 e. The first kappa shape index (κ1) is 19.3. The van der Waals surface area contributed by atoms with Crippen LogP contribution in [0.15, 0.2) is 77.9 Å². The van der Waals surface area contributed by atoms with Crippen LogP contribution >= 0.6 is 11.6 Å². The molecule has 0 aliphatic heterocycles. The first-order valence-corrected chi connectivity index (χ1v) is 8.97. The molecule has 0 saturated heterocycles. The van der Waals surface area contributed by atoms with E-state index in [9.17, 15) is 9.59 Å². The first-order valence-electron chi connectivity index (χ1n) is 8.59. The summed E-state index contributed by atoms with van der Waals surface area (Å²) in [6.07, 6.45) is 1.52. The second-order valence-corrected chi connectivity index (χ2v) is 6.50. The van der Waals surface area contributed by atoms with Crippen LogP contribution in [-0.4, -0.2) is 18.0 Å². The predicted octanol–water partition coefficient (Wildman–Crippen LogP) is 4.66. The third-order valence-corrected chi connectivity index (χ3v) is 4.29. The van der Waals surface area contributed by atoms with Gasteiger partial charge in [0.05, 0.1) is 17.5 Å². The molecule has 140 valence electrons. The van der Waals surface area contributed by atoms with Crippen molar-refractivity contribution in [1.29, 1.82) is 0 Å². The third kappa shape index (κ3) is 4.84. The van der Waals surface area contributed by atoms with E-state index >= 15 is 0 Å². The summed E-state index contributed by atoms with van der Waals surface area (Å²) < 4.78 is 0. The van der Waals surface area contributed by atoms with Gasteiger partial charge >= 0.3 is 0 Å². The van der Waals surface area contributed by atoms with Gasteiger partial charge in [0, 0.05) is 10.6 Å². The summed E-state index contributed by atoms with van der Waals surface area (Å²) in [5, 5.41) is 7.42. The second-order valence-electron chi connectivity index (χ2n) is 6.07. The zero-order chi connectivity index (χ0) is 19.9. The van der Waals surface area contributed by atoms with Crippen LogP contribution in [0.25, 0.3) is 0 Å². The second kappa shape index (κ2) is 8.97. The maximum Gasteiger partial charge on any atom is 0.273 e. The Morgan fingerprint density at radius 2 is 1.61 bits per heavy atom. The molecule has 0 aliphatic carbocycles. The standard InChI is InChI=1S/C22H18ClN3O2/c1-15-6-5-9-19(20(15)25-21(27)17-7-3-2-4-8-17)22(28)26-24-14-16-10-12-18(23)13-11-16/h2-14H,1H3,(H,25,27)(H,26,28)/b24-14+. The summed E-state index contributed by atoms with van der Waals surface area (Å²) >= 11 is 5.85. The van der Waals surface area contributed by atoms with E-state index in [2.05, 4.69) is 15.8 Å². The molecule has 0 saturated carbocycles. The van der Waals surface area contributed by atoms with Gasteiger partial charge in [-0.15, -0.1) is 0 Å². The summed E-state index contributed by atoms with van der Waals surface area (Å²) in [6.45, 7) is 1.83. The molecular formula is C22H18ClN3O2. The number of para-hydroxylation sites is 1. The van der Waals surface area contributed by atoms with E-state index in [1.807, 2.05) is 19.1 Å². The van der Waals surface area contributed by atoms with Gasteiger partial charge in [-0.1, -0.05) is 54.1 Å². The Balaban J connectivity index is 1.76. The van der Waals surface area contributed by atoms with Crippen LogP contribution < -0.4 is 10.7 Å². The quantitative estimate of drug-likeness (QED) is 0.490. The molecule has 0 heterocycles. The van der Waals surface area contributed by atoms with Crippen LogP contribution in [0.3, 0.4) is 0 Å². The molecule has 3 rings (SSSR count). The van der Waals surface area contributed by atoms with Crippen molar-refractivity contribution >= 4 is 35.3 Å². The van der Waals surface area contributed by atoms with Crippen molar-refractivity contribution < 1.29 is 9.59 Å². The summed E-state index contributed by atoms with van der Waals surface area (Å²) in [5.74, 6) is -0.703. The maximum absolute atomic E-state index is 12.6. The first-order chi connectivity index (χ1) is 13.5. The van der Waals surface area contributed by atoms with Crippen LogP contribution in [0.4, 0.5) is 5.69 Å². The van der Waals surface area contributed by atoms with Gasteiger partial charge in [-0.3, -0.25) is 9.59 Å². The van der Waals surface area contributed by atoms with Crippen LogP contribution in [0.2, 0.25) is 5.02 Å². The summed E-state index contributed by atoms with van der Waals surface area (Å²) in [4.78, 5) is 25.1. The number of hydrogen-bond acceptors (Lipinski definition) is 3. The van der Waals surface area contributed by atoms with E-state index in [0.29, 0.717) is 21.8 Å².